The predicted molar refractivity (Wildman–Crippen MR) is 59.2 cm³/mol. The average molecular weight is 196 g/mol. The van der Waals surface area contributed by atoms with Gasteiger partial charge in [-0.25, -0.2) is 0 Å². The number of hydrogen-bond acceptors (Lipinski definition) is 1. The van der Waals surface area contributed by atoms with E-state index in [2.05, 4.69) is 0 Å². The van der Waals surface area contributed by atoms with Gasteiger partial charge in [0, 0.05) is 0 Å². The maximum absolute atomic E-state index is 9.90. The molecule has 1 atom stereocenters. The van der Waals surface area contributed by atoms with Gasteiger partial charge in [-0.05, 0) is 37.5 Å². The summed E-state index contributed by atoms with van der Waals surface area (Å²) in [6.07, 6.45) is 13.5. The Kier molecular flexibility index (Phi) is 3.86. The highest BCUT2D eigenvalue weighted by molar-refractivity contribution is 4.78. The number of rotatable bonds is 4. The lowest BCUT2D eigenvalue weighted by Crippen LogP contribution is -2.27. The molecule has 0 heterocycles. The lowest BCUT2D eigenvalue weighted by atomic mass is 9.77. The second-order valence-corrected chi connectivity index (χ2v) is 5.34. The largest absolute Gasteiger partial charge is 0.393 e. The van der Waals surface area contributed by atoms with E-state index in [0.717, 1.165) is 12.3 Å². The fourth-order valence-corrected chi connectivity index (χ4v) is 2.94. The number of aliphatic hydroxyl groups excluding tert-OH is 1. The Labute approximate surface area is 87.9 Å². The summed E-state index contributed by atoms with van der Waals surface area (Å²) in [5, 5.41) is 9.90. The molecule has 1 heteroatoms. The van der Waals surface area contributed by atoms with Crippen LogP contribution < -0.4 is 0 Å². The minimum Gasteiger partial charge on any atom is -0.393 e. The summed E-state index contributed by atoms with van der Waals surface area (Å²) in [5.74, 6) is 1.61. The summed E-state index contributed by atoms with van der Waals surface area (Å²) in [4.78, 5) is 0. The van der Waals surface area contributed by atoms with E-state index < -0.39 is 0 Å². The molecule has 1 unspecified atom stereocenters. The van der Waals surface area contributed by atoms with Crippen molar-refractivity contribution in [2.75, 3.05) is 0 Å². The van der Waals surface area contributed by atoms with Crippen molar-refractivity contribution in [2.45, 2.75) is 70.3 Å². The highest BCUT2D eigenvalue weighted by Gasteiger charge is 2.26. The van der Waals surface area contributed by atoms with Gasteiger partial charge in [0.1, 0.15) is 0 Å². The third kappa shape index (κ3) is 2.73. The molecule has 0 aromatic carbocycles. The zero-order valence-corrected chi connectivity index (χ0v) is 9.25. The first kappa shape index (κ1) is 10.5. The molecule has 0 aromatic rings. The lowest BCUT2D eigenvalue weighted by molar-refractivity contribution is 0.0488. The first-order chi connectivity index (χ1) is 6.86. The summed E-state index contributed by atoms with van der Waals surface area (Å²) in [6.45, 7) is 0. The van der Waals surface area contributed by atoms with Gasteiger partial charge in [-0.3, -0.25) is 0 Å². The molecule has 0 spiro atoms. The van der Waals surface area contributed by atoms with Crippen LogP contribution in [0.4, 0.5) is 0 Å². The molecule has 0 radical (unpaired) electrons. The van der Waals surface area contributed by atoms with Crippen LogP contribution in [0.5, 0.6) is 0 Å². The van der Waals surface area contributed by atoms with Crippen LogP contribution in [0.25, 0.3) is 0 Å². The van der Waals surface area contributed by atoms with Crippen LogP contribution in [0.2, 0.25) is 0 Å². The molecule has 2 fully saturated rings. The van der Waals surface area contributed by atoms with Crippen molar-refractivity contribution in [3.8, 4) is 0 Å². The van der Waals surface area contributed by atoms with E-state index in [4.69, 9.17) is 0 Å². The van der Waals surface area contributed by atoms with Gasteiger partial charge in [0.05, 0.1) is 6.10 Å². The third-order valence-electron chi connectivity index (χ3n) is 4.29. The van der Waals surface area contributed by atoms with Gasteiger partial charge in [0.2, 0.25) is 0 Å². The number of aliphatic hydroxyl groups is 1. The Morgan fingerprint density at radius 2 is 1.64 bits per heavy atom. The van der Waals surface area contributed by atoms with Gasteiger partial charge in [0.15, 0.2) is 0 Å². The first-order valence-corrected chi connectivity index (χ1v) is 6.54. The van der Waals surface area contributed by atoms with Gasteiger partial charge in [-0.15, -0.1) is 0 Å². The fourth-order valence-electron chi connectivity index (χ4n) is 2.94. The summed E-state index contributed by atoms with van der Waals surface area (Å²) in [7, 11) is 0. The van der Waals surface area contributed by atoms with Crippen molar-refractivity contribution in [1.82, 2.24) is 0 Å². The van der Waals surface area contributed by atoms with Gasteiger partial charge < -0.3 is 5.11 Å². The van der Waals surface area contributed by atoms with E-state index >= 15 is 0 Å². The van der Waals surface area contributed by atoms with E-state index in [1.165, 1.54) is 57.8 Å². The molecule has 14 heavy (non-hydrogen) atoms. The second-order valence-electron chi connectivity index (χ2n) is 5.34. The molecule has 0 aliphatic heterocycles. The molecule has 0 bridgehead atoms. The molecule has 1 nitrogen and oxygen atoms in total. The van der Waals surface area contributed by atoms with E-state index in [1.807, 2.05) is 0 Å². The van der Waals surface area contributed by atoms with Gasteiger partial charge in [-0.1, -0.05) is 38.5 Å². The summed E-state index contributed by atoms with van der Waals surface area (Å²) < 4.78 is 0. The monoisotopic (exact) mass is 196 g/mol. The molecule has 0 aromatic heterocycles. The summed E-state index contributed by atoms with van der Waals surface area (Å²) in [6, 6.07) is 0. The van der Waals surface area contributed by atoms with Crippen molar-refractivity contribution >= 4 is 0 Å². The van der Waals surface area contributed by atoms with Crippen molar-refractivity contribution in [2.24, 2.45) is 11.8 Å². The topological polar surface area (TPSA) is 20.2 Å². The highest BCUT2D eigenvalue weighted by Crippen LogP contribution is 2.34. The zero-order valence-electron chi connectivity index (χ0n) is 9.25. The van der Waals surface area contributed by atoms with Crippen molar-refractivity contribution in [3.63, 3.8) is 0 Å². The molecule has 1 N–H and O–H groups in total. The maximum Gasteiger partial charge on any atom is 0.0568 e. The van der Waals surface area contributed by atoms with Crippen molar-refractivity contribution in [3.05, 3.63) is 0 Å². The fraction of sp³-hybridized carbons (Fsp3) is 1.00. The van der Waals surface area contributed by atoms with Crippen LogP contribution in [-0.4, -0.2) is 11.2 Å². The molecule has 0 amide bonds. The number of hydrogen-bond donors (Lipinski definition) is 1. The van der Waals surface area contributed by atoms with E-state index in [-0.39, 0.29) is 6.10 Å². The summed E-state index contributed by atoms with van der Waals surface area (Å²) >= 11 is 0. The Hall–Kier alpha value is -0.0400. The van der Waals surface area contributed by atoms with Gasteiger partial charge in [-0.2, -0.15) is 0 Å². The Balaban J connectivity index is 1.60. The second kappa shape index (κ2) is 5.16. The smallest absolute Gasteiger partial charge is 0.0568 e. The normalized spacial score (nSPS) is 27.2. The van der Waals surface area contributed by atoms with E-state index in [0.29, 0.717) is 5.92 Å². The SMILES string of the molecule is OC(CCC1CCCCC1)C1CCC1. The highest BCUT2D eigenvalue weighted by atomic mass is 16.3. The average Bonchev–Trinajstić information content (AvgIpc) is 2.14. The predicted octanol–water partition coefficient (Wildman–Crippen LogP) is 3.51. The zero-order chi connectivity index (χ0) is 9.80. The molecule has 2 rings (SSSR count). The minimum absolute atomic E-state index is 0.0330. The molecule has 82 valence electrons. The molecule has 2 aliphatic carbocycles. The first-order valence-electron chi connectivity index (χ1n) is 6.54. The third-order valence-corrected chi connectivity index (χ3v) is 4.29. The Morgan fingerprint density at radius 1 is 0.929 bits per heavy atom. The van der Waals surface area contributed by atoms with E-state index in [9.17, 15) is 5.11 Å². The van der Waals surface area contributed by atoms with Crippen LogP contribution in [0, 0.1) is 11.8 Å². The molecular formula is C13H24O. The van der Waals surface area contributed by atoms with Crippen LogP contribution in [0.3, 0.4) is 0 Å². The quantitative estimate of drug-likeness (QED) is 0.729. The molecular weight excluding hydrogens is 172 g/mol. The Morgan fingerprint density at radius 3 is 2.21 bits per heavy atom. The summed E-state index contributed by atoms with van der Waals surface area (Å²) in [5.41, 5.74) is 0. The molecule has 2 saturated carbocycles. The van der Waals surface area contributed by atoms with Crippen LogP contribution >= 0.6 is 0 Å². The van der Waals surface area contributed by atoms with E-state index in [1.54, 1.807) is 0 Å². The lowest BCUT2D eigenvalue weighted by Gasteiger charge is -2.31. The maximum atomic E-state index is 9.90. The molecule has 2 aliphatic rings. The van der Waals surface area contributed by atoms with Crippen molar-refractivity contribution < 1.29 is 5.11 Å². The minimum atomic E-state index is 0.0330. The Bertz CT molecular complexity index is 155. The standard InChI is InChI=1S/C13H24O/c14-13(12-7-4-8-12)10-9-11-5-2-1-3-6-11/h11-14H,1-10H2. The van der Waals surface area contributed by atoms with Gasteiger partial charge in [0.25, 0.3) is 0 Å². The van der Waals surface area contributed by atoms with Gasteiger partial charge >= 0.3 is 0 Å². The van der Waals surface area contributed by atoms with Crippen LogP contribution in [0.15, 0.2) is 0 Å². The van der Waals surface area contributed by atoms with Crippen LogP contribution in [0.1, 0.15) is 64.2 Å². The van der Waals surface area contributed by atoms with Crippen molar-refractivity contribution in [1.29, 1.82) is 0 Å². The molecule has 0 saturated heterocycles. The van der Waals surface area contributed by atoms with Crippen LogP contribution in [-0.2, 0) is 0 Å².